The van der Waals surface area contributed by atoms with Crippen LogP contribution < -0.4 is 10.6 Å². The first-order valence-corrected chi connectivity index (χ1v) is 8.27. The van der Waals surface area contributed by atoms with E-state index in [1.54, 1.807) is 6.07 Å². The van der Waals surface area contributed by atoms with Gasteiger partial charge >= 0.3 is 0 Å². The number of rotatable bonds is 6. The van der Waals surface area contributed by atoms with Crippen LogP contribution in [-0.4, -0.2) is 28.8 Å². The second-order valence-corrected chi connectivity index (χ2v) is 5.77. The lowest BCUT2D eigenvalue weighted by Gasteiger charge is -2.11. The van der Waals surface area contributed by atoms with Crippen molar-refractivity contribution < 1.29 is 4.39 Å². The van der Waals surface area contributed by atoms with E-state index in [9.17, 15) is 4.39 Å². The van der Waals surface area contributed by atoms with Gasteiger partial charge in [-0.05, 0) is 50.5 Å². The molecule has 2 N–H and O–H groups in total. The molecular weight excluding hydrogens is 305 g/mol. The number of halogens is 1. The minimum Gasteiger partial charge on any atom is -0.357 e. The van der Waals surface area contributed by atoms with E-state index >= 15 is 0 Å². The number of hydrogen-bond acceptors (Lipinski definition) is 2. The van der Waals surface area contributed by atoms with Crippen molar-refractivity contribution in [1.29, 1.82) is 0 Å². The van der Waals surface area contributed by atoms with Crippen LogP contribution in [0.1, 0.15) is 29.4 Å². The van der Waals surface area contributed by atoms with E-state index in [0.29, 0.717) is 6.54 Å². The Morgan fingerprint density at radius 2 is 2.08 bits per heavy atom. The van der Waals surface area contributed by atoms with Gasteiger partial charge in [-0.25, -0.2) is 9.38 Å². The topological polar surface area (TPSA) is 54.2 Å². The molecule has 6 heteroatoms. The summed E-state index contributed by atoms with van der Waals surface area (Å²) < 4.78 is 15.1. The summed E-state index contributed by atoms with van der Waals surface area (Å²) in [6, 6.07) is 6.53. The molecule has 0 radical (unpaired) electrons. The summed E-state index contributed by atoms with van der Waals surface area (Å²) in [5, 5.41) is 11.0. The monoisotopic (exact) mass is 331 g/mol. The molecule has 0 aliphatic heterocycles. The van der Waals surface area contributed by atoms with Gasteiger partial charge in [-0.2, -0.15) is 5.10 Å². The van der Waals surface area contributed by atoms with Crippen LogP contribution in [0.15, 0.2) is 29.3 Å². The van der Waals surface area contributed by atoms with Gasteiger partial charge in [0.15, 0.2) is 5.96 Å². The molecular formula is C18H26FN5. The first-order chi connectivity index (χ1) is 11.5. The van der Waals surface area contributed by atoms with Crippen LogP contribution in [0.5, 0.6) is 0 Å². The highest BCUT2D eigenvalue weighted by atomic mass is 19.1. The van der Waals surface area contributed by atoms with Gasteiger partial charge < -0.3 is 10.6 Å². The first-order valence-electron chi connectivity index (χ1n) is 8.27. The van der Waals surface area contributed by atoms with E-state index in [1.165, 1.54) is 23.4 Å². The van der Waals surface area contributed by atoms with E-state index in [-0.39, 0.29) is 5.82 Å². The van der Waals surface area contributed by atoms with Crippen molar-refractivity contribution in [2.75, 3.05) is 13.1 Å². The minimum absolute atomic E-state index is 0.233. The molecule has 24 heavy (non-hydrogen) atoms. The first kappa shape index (κ1) is 18.0. The van der Waals surface area contributed by atoms with E-state index in [4.69, 9.17) is 0 Å². The maximum atomic E-state index is 13.2. The summed E-state index contributed by atoms with van der Waals surface area (Å²) in [4.78, 5) is 4.51. The minimum atomic E-state index is -0.233. The highest BCUT2D eigenvalue weighted by molar-refractivity contribution is 5.79. The summed E-state index contributed by atoms with van der Waals surface area (Å²) in [7, 11) is 1.96. The normalized spacial score (nSPS) is 11.6. The van der Waals surface area contributed by atoms with Gasteiger partial charge in [0.1, 0.15) is 5.82 Å². The van der Waals surface area contributed by atoms with Crippen molar-refractivity contribution in [3.8, 4) is 0 Å². The van der Waals surface area contributed by atoms with E-state index in [1.807, 2.05) is 31.6 Å². The van der Waals surface area contributed by atoms with E-state index < -0.39 is 0 Å². The van der Waals surface area contributed by atoms with Gasteiger partial charge in [-0.1, -0.05) is 12.1 Å². The lowest BCUT2D eigenvalue weighted by Crippen LogP contribution is -2.38. The summed E-state index contributed by atoms with van der Waals surface area (Å²) in [5.41, 5.74) is 4.38. The number of nitrogens with zero attached hydrogens (tertiary/aromatic N) is 3. The van der Waals surface area contributed by atoms with Crippen molar-refractivity contribution in [3.05, 3.63) is 52.6 Å². The summed E-state index contributed by atoms with van der Waals surface area (Å²) in [5.74, 6) is 0.504. The second kappa shape index (κ2) is 8.47. The second-order valence-electron chi connectivity index (χ2n) is 5.77. The van der Waals surface area contributed by atoms with Crippen molar-refractivity contribution in [2.45, 2.75) is 33.7 Å². The van der Waals surface area contributed by atoms with Crippen LogP contribution in [0.2, 0.25) is 0 Å². The molecule has 2 aromatic rings. The van der Waals surface area contributed by atoms with Crippen LogP contribution in [0.4, 0.5) is 4.39 Å². The van der Waals surface area contributed by atoms with Gasteiger partial charge in [-0.15, -0.1) is 0 Å². The van der Waals surface area contributed by atoms with Crippen LogP contribution in [0.25, 0.3) is 0 Å². The summed E-state index contributed by atoms with van der Waals surface area (Å²) in [6.45, 7) is 8.12. The zero-order valence-corrected chi connectivity index (χ0v) is 14.9. The average molecular weight is 331 g/mol. The number of aromatic nitrogens is 2. The molecule has 0 spiro atoms. The fraction of sp³-hybridized carbons (Fsp3) is 0.444. The molecule has 0 aliphatic rings. The molecule has 0 saturated heterocycles. The number of benzene rings is 1. The molecule has 0 atom stereocenters. The maximum absolute atomic E-state index is 13.2. The van der Waals surface area contributed by atoms with Crippen LogP contribution in [0.3, 0.4) is 0 Å². The largest absolute Gasteiger partial charge is 0.357 e. The molecule has 1 heterocycles. The quantitative estimate of drug-likeness (QED) is 0.631. The van der Waals surface area contributed by atoms with Gasteiger partial charge in [0.05, 0.1) is 12.2 Å². The number of nitrogens with one attached hydrogen (secondary N) is 2. The molecule has 0 amide bonds. The molecule has 5 nitrogen and oxygen atoms in total. The number of aryl methyl sites for hydroxylation is 2. The standard InChI is InChI=1S/C18H26FN5/c1-5-20-18(22-12-15-7-6-8-16(19)11-15)21-10-9-17-13(2)23-24(4)14(17)3/h6-8,11H,5,9-10,12H2,1-4H3,(H2,20,21,22). The third-order valence-electron chi connectivity index (χ3n) is 3.98. The van der Waals surface area contributed by atoms with Gasteiger partial charge in [0.25, 0.3) is 0 Å². The van der Waals surface area contributed by atoms with Gasteiger partial charge in [0, 0.05) is 25.8 Å². The Labute approximate surface area is 143 Å². The molecule has 0 saturated carbocycles. The number of hydrogen-bond donors (Lipinski definition) is 2. The van der Waals surface area contributed by atoms with Crippen LogP contribution in [0, 0.1) is 19.7 Å². The number of aliphatic imine (C=N–C) groups is 1. The third-order valence-corrected chi connectivity index (χ3v) is 3.98. The Bertz CT molecular complexity index is 705. The van der Waals surface area contributed by atoms with Crippen molar-refractivity contribution in [3.63, 3.8) is 0 Å². The summed E-state index contributed by atoms with van der Waals surface area (Å²) >= 11 is 0. The van der Waals surface area contributed by atoms with Gasteiger partial charge in [-0.3, -0.25) is 4.68 Å². The Kier molecular flexibility index (Phi) is 6.35. The highest BCUT2D eigenvalue weighted by Crippen LogP contribution is 2.11. The van der Waals surface area contributed by atoms with Gasteiger partial charge in [0.2, 0.25) is 0 Å². The smallest absolute Gasteiger partial charge is 0.191 e. The zero-order valence-electron chi connectivity index (χ0n) is 14.9. The van der Waals surface area contributed by atoms with Crippen molar-refractivity contribution in [2.24, 2.45) is 12.0 Å². The fourth-order valence-corrected chi connectivity index (χ4v) is 2.63. The SMILES string of the molecule is CCNC(=NCc1cccc(F)c1)NCCc1c(C)nn(C)c1C. The predicted molar refractivity (Wildman–Crippen MR) is 95.6 cm³/mol. The Morgan fingerprint density at radius 3 is 2.71 bits per heavy atom. The highest BCUT2D eigenvalue weighted by Gasteiger charge is 2.09. The lowest BCUT2D eigenvalue weighted by atomic mass is 10.1. The molecule has 2 rings (SSSR count). The Morgan fingerprint density at radius 1 is 1.29 bits per heavy atom. The van der Waals surface area contributed by atoms with Crippen LogP contribution >= 0.6 is 0 Å². The van der Waals surface area contributed by atoms with Crippen LogP contribution in [-0.2, 0) is 20.0 Å². The Balaban J connectivity index is 1.94. The molecule has 0 aliphatic carbocycles. The van der Waals surface area contributed by atoms with Crippen molar-refractivity contribution >= 4 is 5.96 Å². The average Bonchev–Trinajstić information content (AvgIpc) is 2.78. The summed E-state index contributed by atoms with van der Waals surface area (Å²) in [6.07, 6.45) is 0.885. The predicted octanol–water partition coefficient (Wildman–Crippen LogP) is 2.47. The molecule has 1 aromatic heterocycles. The maximum Gasteiger partial charge on any atom is 0.191 e. The molecule has 130 valence electrons. The Hall–Kier alpha value is -2.37. The third kappa shape index (κ3) is 4.81. The molecule has 0 fully saturated rings. The fourth-order valence-electron chi connectivity index (χ4n) is 2.63. The molecule has 0 bridgehead atoms. The molecule has 1 aromatic carbocycles. The number of guanidine groups is 1. The lowest BCUT2D eigenvalue weighted by molar-refractivity contribution is 0.625. The molecule has 0 unspecified atom stereocenters. The zero-order chi connectivity index (χ0) is 17.5. The van der Waals surface area contributed by atoms with E-state index in [2.05, 4.69) is 27.6 Å². The van der Waals surface area contributed by atoms with E-state index in [0.717, 1.165) is 36.7 Å². The van der Waals surface area contributed by atoms with Crippen molar-refractivity contribution in [1.82, 2.24) is 20.4 Å².